The highest BCUT2D eigenvalue weighted by atomic mass is 14.6. The number of hydrogen-bond acceptors (Lipinski definition) is 0. The largest absolute Gasteiger partial charge is 0.0588 e. The third-order valence-electron chi connectivity index (χ3n) is 2.96. The molecule has 8 heavy (non-hydrogen) atoms. The third-order valence-corrected chi connectivity index (χ3v) is 2.96. The summed E-state index contributed by atoms with van der Waals surface area (Å²) in [4.78, 5) is 0. The van der Waals surface area contributed by atoms with Crippen molar-refractivity contribution >= 4 is 0 Å². The molecule has 0 amide bonds. The molecule has 0 nitrogen and oxygen atoms in total. The summed E-state index contributed by atoms with van der Waals surface area (Å²) in [5, 5.41) is 0. The molecule has 1 unspecified atom stereocenters. The molecule has 2 aliphatic carbocycles. The molecule has 0 spiro atoms. The lowest BCUT2D eigenvalue weighted by molar-refractivity contribution is 0.502. The molecule has 0 N–H and O–H groups in total. The summed E-state index contributed by atoms with van der Waals surface area (Å²) in [5.74, 6) is 2.85. The Morgan fingerprint density at radius 1 is 1.50 bits per heavy atom. The highest BCUT2D eigenvalue weighted by Gasteiger charge is 2.56. The zero-order valence-corrected chi connectivity index (χ0v) is 5.70. The minimum absolute atomic E-state index is 0.736. The lowest BCUT2D eigenvalue weighted by Gasteiger charge is -2.03. The van der Waals surface area contributed by atoms with Gasteiger partial charge in [0.1, 0.15) is 0 Å². The van der Waals surface area contributed by atoms with Gasteiger partial charge in [-0.3, -0.25) is 0 Å². The standard InChI is InChI=1S/C8H13/c1-6-5-8(6,2)7-3-4-7/h7H,3-5H2,1-2H3. The van der Waals surface area contributed by atoms with Crippen molar-refractivity contribution in [3.05, 3.63) is 5.92 Å². The Labute approximate surface area is 51.3 Å². The van der Waals surface area contributed by atoms with Gasteiger partial charge in [-0.25, -0.2) is 0 Å². The van der Waals surface area contributed by atoms with Gasteiger partial charge in [0.05, 0.1) is 0 Å². The molecule has 1 radical (unpaired) electrons. The van der Waals surface area contributed by atoms with E-state index in [0.29, 0.717) is 0 Å². The van der Waals surface area contributed by atoms with Gasteiger partial charge in [0.25, 0.3) is 0 Å². The van der Waals surface area contributed by atoms with Gasteiger partial charge in [-0.15, -0.1) is 0 Å². The van der Waals surface area contributed by atoms with E-state index in [1.807, 2.05) is 0 Å². The Morgan fingerprint density at radius 3 is 2.12 bits per heavy atom. The molecule has 45 valence electrons. The van der Waals surface area contributed by atoms with Crippen LogP contribution in [-0.4, -0.2) is 0 Å². The lowest BCUT2D eigenvalue weighted by atomic mass is 10.0. The van der Waals surface area contributed by atoms with Crippen LogP contribution in [0.2, 0.25) is 0 Å². The minimum Gasteiger partial charge on any atom is -0.0588 e. The first-order chi connectivity index (χ1) is 3.73. The smallest absolute Gasteiger partial charge is 0.0204 e. The molecule has 1 atom stereocenters. The van der Waals surface area contributed by atoms with Gasteiger partial charge in [0.2, 0.25) is 0 Å². The van der Waals surface area contributed by atoms with Gasteiger partial charge >= 0.3 is 0 Å². The van der Waals surface area contributed by atoms with Crippen molar-refractivity contribution in [2.45, 2.75) is 33.1 Å². The van der Waals surface area contributed by atoms with Crippen LogP contribution in [0.25, 0.3) is 0 Å². The van der Waals surface area contributed by atoms with Crippen LogP contribution < -0.4 is 0 Å². The van der Waals surface area contributed by atoms with Crippen LogP contribution in [0.5, 0.6) is 0 Å². The molecular formula is C8H13. The zero-order valence-electron chi connectivity index (χ0n) is 5.70. The lowest BCUT2D eigenvalue weighted by Crippen LogP contribution is -1.96. The predicted octanol–water partition coefficient (Wildman–Crippen LogP) is 2.40. The van der Waals surface area contributed by atoms with Crippen molar-refractivity contribution in [3.63, 3.8) is 0 Å². The summed E-state index contributed by atoms with van der Waals surface area (Å²) in [7, 11) is 0. The van der Waals surface area contributed by atoms with Crippen LogP contribution in [0.3, 0.4) is 0 Å². The third kappa shape index (κ3) is 0.463. The molecule has 2 aliphatic rings. The van der Waals surface area contributed by atoms with Gasteiger partial charge in [-0.05, 0) is 36.5 Å². The van der Waals surface area contributed by atoms with Crippen molar-refractivity contribution < 1.29 is 0 Å². The summed E-state index contributed by atoms with van der Waals surface area (Å²) in [6.45, 7) is 4.72. The summed E-state index contributed by atoms with van der Waals surface area (Å²) in [6, 6.07) is 0. The first-order valence-corrected chi connectivity index (χ1v) is 3.56. The van der Waals surface area contributed by atoms with Crippen molar-refractivity contribution in [2.24, 2.45) is 11.3 Å². The van der Waals surface area contributed by atoms with Crippen LogP contribution >= 0.6 is 0 Å². The Hall–Kier alpha value is 0. The summed E-state index contributed by atoms with van der Waals surface area (Å²) < 4.78 is 0. The fraction of sp³-hybridized carbons (Fsp3) is 0.875. The van der Waals surface area contributed by atoms with Gasteiger partial charge in [-0.2, -0.15) is 0 Å². The molecule has 0 aromatic carbocycles. The SMILES string of the molecule is C[C]1CC1(C)C1CC1. The molecule has 0 aromatic rings. The molecule has 0 heteroatoms. The quantitative estimate of drug-likeness (QED) is 0.485. The summed E-state index contributed by atoms with van der Waals surface area (Å²) in [5.41, 5.74) is 0.736. The van der Waals surface area contributed by atoms with Gasteiger partial charge in [0.15, 0.2) is 0 Å². The number of rotatable bonds is 1. The Balaban J connectivity index is 2.04. The van der Waals surface area contributed by atoms with Crippen LogP contribution in [0, 0.1) is 17.3 Å². The van der Waals surface area contributed by atoms with E-state index in [1.54, 1.807) is 5.92 Å². The predicted molar refractivity (Wildman–Crippen MR) is 34.4 cm³/mol. The molecule has 0 saturated heterocycles. The molecule has 0 aromatic heterocycles. The maximum Gasteiger partial charge on any atom is -0.0204 e. The van der Waals surface area contributed by atoms with Crippen LogP contribution in [0.1, 0.15) is 33.1 Å². The van der Waals surface area contributed by atoms with Crippen molar-refractivity contribution in [2.75, 3.05) is 0 Å². The Bertz CT molecular complexity index is 113. The van der Waals surface area contributed by atoms with Crippen LogP contribution in [-0.2, 0) is 0 Å². The van der Waals surface area contributed by atoms with E-state index in [0.717, 1.165) is 11.3 Å². The van der Waals surface area contributed by atoms with Crippen LogP contribution in [0.15, 0.2) is 0 Å². The monoisotopic (exact) mass is 109 g/mol. The zero-order chi connectivity index (χ0) is 5.78. The van der Waals surface area contributed by atoms with Gasteiger partial charge in [-0.1, -0.05) is 13.8 Å². The molecule has 2 fully saturated rings. The maximum absolute atomic E-state index is 2.42. The van der Waals surface area contributed by atoms with E-state index in [1.165, 1.54) is 19.3 Å². The molecule has 0 aliphatic heterocycles. The Morgan fingerprint density at radius 2 is 2.00 bits per heavy atom. The van der Waals surface area contributed by atoms with Crippen molar-refractivity contribution in [1.82, 2.24) is 0 Å². The van der Waals surface area contributed by atoms with Gasteiger partial charge in [0, 0.05) is 0 Å². The Kier molecular flexibility index (Phi) is 0.678. The first kappa shape index (κ1) is 4.84. The highest BCUT2D eigenvalue weighted by molar-refractivity contribution is 5.24. The minimum atomic E-state index is 0.736. The molecule has 2 rings (SSSR count). The van der Waals surface area contributed by atoms with E-state index < -0.39 is 0 Å². The van der Waals surface area contributed by atoms with E-state index in [4.69, 9.17) is 0 Å². The molecule has 2 saturated carbocycles. The number of hydrogen-bond donors (Lipinski definition) is 0. The highest BCUT2D eigenvalue weighted by Crippen LogP contribution is 2.66. The summed E-state index contributed by atoms with van der Waals surface area (Å²) in [6.07, 6.45) is 4.44. The van der Waals surface area contributed by atoms with E-state index >= 15 is 0 Å². The second-order valence-electron chi connectivity index (χ2n) is 3.65. The fourth-order valence-electron chi connectivity index (χ4n) is 1.72. The maximum atomic E-state index is 2.42. The van der Waals surface area contributed by atoms with E-state index in [9.17, 15) is 0 Å². The van der Waals surface area contributed by atoms with Crippen molar-refractivity contribution in [3.8, 4) is 0 Å². The van der Waals surface area contributed by atoms with Gasteiger partial charge < -0.3 is 0 Å². The normalized spacial score (nSPS) is 47.2. The average molecular weight is 109 g/mol. The van der Waals surface area contributed by atoms with E-state index in [2.05, 4.69) is 13.8 Å². The topological polar surface area (TPSA) is 0 Å². The van der Waals surface area contributed by atoms with Crippen molar-refractivity contribution in [1.29, 1.82) is 0 Å². The molecule has 0 bridgehead atoms. The van der Waals surface area contributed by atoms with E-state index in [-0.39, 0.29) is 0 Å². The second kappa shape index (κ2) is 1.12. The molecular weight excluding hydrogens is 96.1 g/mol. The van der Waals surface area contributed by atoms with Crippen LogP contribution in [0.4, 0.5) is 0 Å². The average Bonchev–Trinajstić information content (AvgIpc) is 2.44. The second-order valence-corrected chi connectivity index (χ2v) is 3.65. The molecule has 0 heterocycles. The summed E-state index contributed by atoms with van der Waals surface area (Å²) >= 11 is 0. The first-order valence-electron chi connectivity index (χ1n) is 3.56. The fourth-order valence-corrected chi connectivity index (χ4v) is 1.72.